The zero-order chi connectivity index (χ0) is 13.1. The van der Waals surface area contributed by atoms with Crippen LogP contribution >= 0.6 is 23.1 Å². The van der Waals surface area contributed by atoms with Gasteiger partial charge in [0.1, 0.15) is 0 Å². The second-order valence-electron chi connectivity index (χ2n) is 3.90. The number of aliphatic hydroxyl groups excluding tert-OH is 1. The molecule has 1 N–H and O–H groups in total. The number of nitriles is 1. The fourth-order valence-corrected chi connectivity index (χ4v) is 3.56. The van der Waals surface area contributed by atoms with E-state index in [1.165, 1.54) is 11.8 Å². The molecule has 1 atom stereocenters. The van der Waals surface area contributed by atoms with E-state index in [2.05, 4.69) is 11.1 Å². The Morgan fingerprint density at radius 2 is 2.28 bits per heavy atom. The fourth-order valence-electron chi connectivity index (χ4n) is 1.51. The second-order valence-corrected chi connectivity index (χ2v) is 6.04. The highest BCUT2D eigenvalue weighted by molar-refractivity contribution is 8.01. The molecule has 2 aromatic rings. The fraction of sp³-hybridized carbons (Fsp3) is 0.231. The standard InChI is InChI=1S/C13H12N2OS2/c1-8-7-17-13(15-8)18-12-5-10(6-14)3-4-11(12)9(2)16/h3-5,7,9,16H,1-2H3. The summed E-state index contributed by atoms with van der Waals surface area (Å²) in [5, 5.41) is 20.6. The monoisotopic (exact) mass is 276 g/mol. The van der Waals surface area contributed by atoms with Gasteiger partial charge in [-0.15, -0.1) is 11.3 Å². The topological polar surface area (TPSA) is 56.9 Å². The van der Waals surface area contributed by atoms with Gasteiger partial charge >= 0.3 is 0 Å². The minimum Gasteiger partial charge on any atom is -0.389 e. The molecule has 1 heterocycles. The Morgan fingerprint density at radius 3 is 2.83 bits per heavy atom. The first-order chi connectivity index (χ1) is 8.60. The second kappa shape index (κ2) is 5.53. The number of hydrogen-bond donors (Lipinski definition) is 1. The molecule has 0 saturated heterocycles. The van der Waals surface area contributed by atoms with E-state index in [-0.39, 0.29) is 0 Å². The summed E-state index contributed by atoms with van der Waals surface area (Å²) >= 11 is 3.05. The van der Waals surface area contributed by atoms with Crippen molar-refractivity contribution in [3.8, 4) is 6.07 Å². The Bertz CT molecular complexity index is 599. The van der Waals surface area contributed by atoms with Gasteiger partial charge in [-0.1, -0.05) is 17.8 Å². The predicted molar refractivity (Wildman–Crippen MR) is 72.8 cm³/mol. The molecule has 0 bridgehead atoms. The van der Waals surface area contributed by atoms with Crippen LogP contribution in [-0.4, -0.2) is 10.1 Å². The van der Waals surface area contributed by atoms with Gasteiger partial charge in [0.15, 0.2) is 4.34 Å². The molecule has 0 radical (unpaired) electrons. The lowest BCUT2D eigenvalue weighted by Gasteiger charge is -2.10. The van der Waals surface area contributed by atoms with Crippen LogP contribution < -0.4 is 0 Å². The molecule has 0 aliphatic heterocycles. The molecule has 18 heavy (non-hydrogen) atoms. The van der Waals surface area contributed by atoms with Gasteiger partial charge in [0.2, 0.25) is 0 Å². The number of aromatic nitrogens is 1. The average Bonchev–Trinajstić information content (AvgIpc) is 2.74. The SMILES string of the molecule is Cc1csc(Sc2cc(C#N)ccc2C(C)O)n1. The van der Waals surface area contributed by atoms with Gasteiger partial charge in [0.25, 0.3) is 0 Å². The van der Waals surface area contributed by atoms with E-state index < -0.39 is 6.10 Å². The molecule has 0 aliphatic rings. The van der Waals surface area contributed by atoms with Crippen LogP contribution in [0.15, 0.2) is 32.8 Å². The van der Waals surface area contributed by atoms with Gasteiger partial charge in [-0.05, 0) is 31.5 Å². The van der Waals surface area contributed by atoms with E-state index in [1.54, 1.807) is 36.5 Å². The summed E-state index contributed by atoms with van der Waals surface area (Å²) in [5.74, 6) is 0. The highest BCUT2D eigenvalue weighted by Crippen LogP contribution is 2.35. The van der Waals surface area contributed by atoms with Crippen LogP contribution in [-0.2, 0) is 0 Å². The molecule has 0 aliphatic carbocycles. The van der Waals surface area contributed by atoms with Crippen LogP contribution in [0.4, 0.5) is 0 Å². The van der Waals surface area contributed by atoms with Crippen molar-refractivity contribution in [1.82, 2.24) is 4.98 Å². The number of benzene rings is 1. The molecule has 3 nitrogen and oxygen atoms in total. The Labute approximate surface area is 114 Å². The van der Waals surface area contributed by atoms with Crippen LogP contribution in [0.1, 0.15) is 29.8 Å². The van der Waals surface area contributed by atoms with Crippen molar-refractivity contribution >= 4 is 23.1 Å². The average molecular weight is 276 g/mol. The minimum absolute atomic E-state index is 0.554. The molecule has 2 rings (SSSR count). The van der Waals surface area contributed by atoms with Crippen molar-refractivity contribution in [3.63, 3.8) is 0 Å². The lowest BCUT2D eigenvalue weighted by molar-refractivity contribution is 0.196. The van der Waals surface area contributed by atoms with Crippen LogP contribution in [0.3, 0.4) is 0 Å². The van der Waals surface area contributed by atoms with E-state index in [0.29, 0.717) is 5.56 Å². The van der Waals surface area contributed by atoms with Crippen LogP contribution in [0.25, 0.3) is 0 Å². The Balaban J connectivity index is 2.38. The molecule has 1 unspecified atom stereocenters. The van der Waals surface area contributed by atoms with E-state index in [9.17, 15) is 5.11 Å². The minimum atomic E-state index is -0.554. The number of aliphatic hydroxyl groups is 1. The predicted octanol–water partition coefficient (Wildman–Crippen LogP) is 3.53. The van der Waals surface area contributed by atoms with Crippen molar-refractivity contribution in [3.05, 3.63) is 40.4 Å². The molecule has 0 saturated carbocycles. The van der Waals surface area contributed by atoms with Crippen LogP contribution in [0.5, 0.6) is 0 Å². The number of nitrogens with zero attached hydrogens (tertiary/aromatic N) is 2. The maximum atomic E-state index is 9.74. The molecule has 5 heteroatoms. The van der Waals surface area contributed by atoms with E-state index >= 15 is 0 Å². The third-order valence-electron chi connectivity index (χ3n) is 2.39. The first-order valence-corrected chi connectivity index (χ1v) is 7.12. The zero-order valence-electron chi connectivity index (χ0n) is 10.0. The summed E-state index contributed by atoms with van der Waals surface area (Å²) in [6, 6.07) is 7.43. The summed E-state index contributed by atoms with van der Waals surface area (Å²) < 4.78 is 0.921. The summed E-state index contributed by atoms with van der Waals surface area (Å²) in [6.45, 7) is 3.67. The smallest absolute Gasteiger partial charge is 0.154 e. The quantitative estimate of drug-likeness (QED) is 0.931. The third-order valence-corrected chi connectivity index (χ3v) is 4.52. The molecular weight excluding hydrogens is 264 g/mol. The van der Waals surface area contributed by atoms with Crippen molar-refractivity contribution in [2.75, 3.05) is 0 Å². The van der Waals surface area contributed by atoms with Gasteiger partial charge in [0, 0.05) is 16.0 Å². The lowest BCUT2D eigenvalue weighted by atomic mass is 10.1. The number of hydrogen-bond acceptors (Lipinski definition) is 5. The Kier molecular flexibility index (Phi) is 4.02. The number of rotatable bonds is 3. The largest absolute Gasteiger partial charge is 0.389 e. The maximum Gasteiger partial charge on any atom is 0.154 e. The zero-order valence-corrected chi connectivity index (χ0v) is 11.7. The molecular formula is C13H12N2OS2. The molecule has 0 amide bonds. The van der Waals surface area contributed by atoms with Gasteiger partial charge < -0.3 is 5.11 Å². The van der Waals surface area contributed by atoms with Gasteiger partial charge in [0.05, 0.1) is 17.7 Å². The highest BCUT2D eigenvalue weighted by atomic mass is 32.2. The van der Waals surface area contributed by atoms with Crippen molar-refractivity contribution in [2.24, 2.45) is 0 Å². The maximum absolute atomic E-state index is 9.74. The molecule has 1 aromatic heterocycles. The normalized spacial score (nSPS) is 12.1. The summed E-state index contributed by atoms with van der Waals surface area (Å²) in [4.78, 5) is 5.27. The molecule has 92 valence electrons. The van der Waals surface area contributed by atoms with Gasteiger partial charge in [-0.25, -0.2) is 4.98 Å². The van der Waals surface area contributed by atoms with E-state index in [0.717, 1.165) is 20.5 Å². The van der Waals surface area contributed by atoms with E-state index in [1.807, 2.05) is 12.3 Å². The van der Waals surface area contributed by atoms with Crippen LogP contribution in [0.2, 0.25) is 0 Å². The van der Waals surface area contributed by atoms with E-state index in [4.69, 9.17) is 5.26 Å². The Hall–Kier alpha value is -1.35. The first-order valence-electron chi connectivity index (χ1n) is 5.42. The summed E-state index contributed by atoms with van der Waals surface area (Å²) in [6.07, 6.45) is -0.554. The number of aryl methyl sites for hydroxylation is 1. The van der Waals surface area contributed by atoms with Crippen LogP contribution in [0, 0.1) is 18.3 Å². The third kappa shape index (κ3) is 2.91. The molecule has 0 spiro atoms. The van der Waals surface area contributed by atoms with Gasteiger partial charge in [-0.3, -0.25) is 0 Å². The highest BCUT2D eigenvalue weighted by Gasteiger charge is 2.12. The molecule has 1 aromatic carbocycles. The van der Waals surface area contributed by atoms with Crippen molar-refractivity contribution in [1.29, 1.82) is 5.26 Å². The van der Waals surface area contributed by atoms with Crippen molar-refractivity contribution in [2.45, 2.75) is 29.2 Å². The lowest BCUT2D eigenvalue weighted by Crippen LogP contribution is -1.94. The summed E-state index contributed by atoms with van der Waals surface area (Å²) in [7, 11) is 0. The Morgan fingerprint density at radius 1 is 1.50 bits per heavy atom. The van der Waals surface area contributed by atoms with Crippen molar-refractivity contribution < 1.29 is 5.11 Å². The van der Waals surface area contributed by atoms with Gasteiger partial charge in [-0.2, -0.15) is 5.26 Å². The summed E-state index contributed by atoms with van der Waals surface area (Å²) in [5.41, 5.74) is 2.40. The number of thiazole rings is 1. The first kappa shape index (κ1) is 13.1. The molecule has 0 fully saturated rings.